The Balaban J connectivity index is 2.32. The van der Waals surface area contributed by atoms with Gasteiger partial charge in [0.25, 0.3) is 0 Å². The summed E-state index contributed by atoms with van der Waals surface area (Å²) in [5.41, 5.74) is 7.01. The van der Waals surface area contributed by atoms with Crippen molar-refractivity contribution in [2.75, 3.05) is 36.9 Å². The van der Waals surface area contributed by atoms with Crippen LogP contribution in [-0.4, -0.2) is 36.3 Å². The van der Waals surface area contributed by atoms with Crippen LogP contribution in [0, 0.1) is 0 Å². The molecule has 5 heteroatoms. The van der Waals surface area contributed by atoms with Gasteiger partial charge in [-0.3, -0.25) is 0 Å². The average molecular weight is 236 g/mol. The molecule has 1 aromatic rings. The third-order valence-electron chi connectivity index (χ3n) is 2.99. The molecule has 2 N–H and O–H groups in total. The first-order chi connectivity index (χ1) is 8.20. The minimum Gasteiger partial charge on any atom is -0.383 e. The largest absolute Gasteiger partial charge is 0.383 e. The molecule has 0 aliphatic carbocycles. The number of anilines is 2. The van der Waals surface area contributed by atoms with Gasteiger partial charge in [0.15, 0.2) is 0 Å². The van der Waals surface area contributed by atoms with Crippen LogP contribution in [0.3, 0.4) is 0 Å². The lowest BCUT2D eigenvalue weighted by atomic mass is 10.0. The van der Waals surface area contributed by atoms with Crippen molar-refractivity contribution in [1.82, 2.24) is 9.97 Å². The van der Waals surface area contributed by atoms with Gasteiger partial charge >= 0.3 is 0 Å². The Morgan fingerprint density at radius 1 is 1.29 bits per heavy atom. The minimum atomic E-state index is 0.329. The third-order valence-corrected chi connectivity index (χ3v) is 2.99. The lowest BCUT2D eigenvalue weighted by molar-refractivity contribution is 0.152. The van der Waals surface area contributed by atoms with Gasteiger partial charge in [0.1, 0.15) is 18.0 Å². The van der Waals surface area contributed by atoms with Gasteiger partial charge in [0.05, 0.1) is 6.61 Å². The van der Waals surface area contributed by atoms with Crippen LogP contribution in [0.4, 0.5) is 11.6 Å². The second-order valence-corrected chi connectivity index (χ2v) is 4.60. The molecule has 2 rings (SSSR count). The first kappa shape index (κ1) is 12.1. The zero-order valence-electron chi connectivity index (χ0n) is 10.5. The molecule has 0 amide bonds. The molecule has 1 saturated heterocycles. The summed E-state index contributed by atoms with van der Waals surface area (Å²) >= 11 is 0. The van der Waals surface area contributed by atoms with Crippen molar-refractivity contribution in [2.45, 2.75) is 26.2 Å². The molecule has 17 heavy (non-hydrogen) atoms. The quantitative estimate of drug-likeness (QED) is 0.841. The molecule has 0 radical (unpaired) electrons. The Kier molecular flexibility index (Phi) is 3.78. The maximum Gasteiger partial charge on any atom is 0.137 e. The molecular weight excluding hydrogens is 216 g/mol. The summed E-state index contributed by atoms with van der Waals surface area (Å²) in [5, 5.41) is 0. The number of nitrogens with two attached hydrogens (primary N) is 1. The van der Waals surface area contributed by atoms with Crippen LogP contribution in [0.2, 0.25) is 0 Å². The van der Waals surface area contributed by atoms with Crippen molar-refractivity contribution in [3.8, 4) is 0 Å². The first-order valence-corrected chi connectivity index (χ1v) is 6.13. The van der Waals surface area contributed by atoms with Gasteiger partial charge in [-0.15, -0.1) is 0 Å². The molecule has 0 saturated carbocycles. The summed E-state index contributed by atoms with van der Waals surface area (Å²) in [7, 11) is 0. The summed E-state index contributed by atoms with van der Waals surface area (Å²) in [5.74, 6) is 1.89. The Labute approximate surface area is 102 Å². The van der Waals surface area contributed by atoms with Gasteiger partial charge < -0.3 is 15.4 Å². The van der Waals surface area contributed by atoms with E-state index < -0.39 is 0 Å². The molecule has 2 heterocycles. The maximum absolute atomic E-state index is 5.96. The second-order valence-electron chi connectivity index (χ2n) is 4.60. The molecule has 1 fully saturated rings. The normalized spacial score (nSPS) is 17.2. The van der Waals surface area contributed by atoms with E-state index in [-0.39, 0.29) is 0 Å². The third kappa shape index (κ3) is 2.66. The van der Waals surface area contributed by atoms with E-state index >= 15 is 0 Å². The van der Waals surface area contributed by atoms with Crippen molar-refractivity contribution in [1.29, 1.82) is 0 Å². The molecule has 1 aromatic heterocycles. The fourth-order valence-corrected chi connectivity index (χ4v) is 2.16. The molecule has 0 bridgehead atoms. The Bertz CT molecular complexity index is 373. The number of nitrogens with zero attached hydrogens (tertiary/aromatic N) is 3. The van der Waals surface area contributed by atoms with E-state index in [2.05, 4.69) is 28.7 Å². The van der Waals surface area contributed by atoms with Gasteiger partial charge in [-0.2, -0.15) is 0 Å². The fourth-order valence-electron chi connectivity index (χ4n) is 2.16. The number of aromatic nitrogens is 2. The van der Waals surface area contributed by atoms with Crippen LogP contribution in [0.25, 0.3) is 0 Å². The van der Waals surface area contributed by atoms with E-state index in [0.717, 1.165) is 44.1 Å². The van der Waals surface area contributed by atoms with Crippen LogP contribution in [-0.2, 0) is 4.74 Å². The van der Waals surface area contributed by atoms with E-state index in [0.29, 0.717) is 11.7 Å². The number of nitrogen functional groups attached to an aromatic ring is 1. The zero-order valence-corrected chi connectivity index (χ0v) is 10.5. The number of rotatable bonds is 2. The number of hydrogen-bond donors (Lipinski definition) is 1. The van der Waals surface area contributed by atoms with Gasteiger partial charge in [-0.05, 0) is 12.3 Å². The highest BCUT2D eigenvalue weighted by atomic mass is 16.5. The summed E-state index contributed by atoms with van der Waals surface area (Å²) in [6.45, 7) is 7.65. The van der Waals surface area contributed by atoms with Crippen LogP contribution >= 0.6 is 0 Å². The van der Waals surface area contributed by atoms with Crippen LogP contribution in [0.15, 0.2) is 6.33 Å². The molecule has 0 spiro atoms. The number of ether oxygens (including phenoxy) is 1. The van der Waals surface area contributed by atoms with Gasteiger partial charge in [-0.25, -0.2) is 9.97 Å². The molecular formula is C12H20N4O. The maximum atomic E-state index is 5.96. The van der Waals surface area contributed by atoms with Crippen LogP contribution < -0.4 is 10.6 Å². The Morgan fingerprint density at radius 3 is 2.88 bits per heavy atom. The highest BCUT2D eigenvalue weighted by Crippen LogP contribution is 2.29. The molecule has 94 valence electrons. The molecule has 0 aromatic carbocycles. The van der Waals surface area contributed by atoms with E-state index in [4.69, 9.17) is 10.5 Å². The minimum absolute atomic E-state index is 0.329. The summed E-state index contributed by atoms with van der Waals surface area (Å²) in [6, 6.07) is 0. The SMILES string of the molecule is CC(C)c1c(N)ncnc1N1CCCOCC1. The summed E-state index contributed by atoms with van der Waals surface area (Å²) < 4.78 is 5.46. The summed E-state index contributed by atoms with van der Waals surface area (Å²) in [6.07, 6.45) is 2.57. The van der Waals surface area contributed by atoms with Gasteiger partial charge in [-0.1, -0.05) is 13.8 Å². The van der Waals surface area contributed by atoms with Crippen molar-refractivity contribution >= 4 is 11.6 Å². The van der Waals surface area contributed by atoms with Crippen molar-refractivity contribution in [2.24, 2.45) is 0 Å². The molecule has 0 atom stereocenters. The molecule has 5 nitrogen and oxygen atoms in total. The fraction of sp³-hybridized carbons (Fsp3) is 0.667. The molecule has 1 aliphatic heterocycles. The smallest absolute Gasteiger partial charge is 0.137 e. The second kappa shape index (κ2) is 5.31. The van der Waals surface area contributed by atoms with E-state index in [1.807, 2.05) is 0 Å². The lowest BCUT2D eigenvalue weighted by Crippen LogP contribution is -2.28. The van der Waals surface area contributed by atoms with Gasteiger partial charge in [0, 0.05) is 25.3 Å². The lowest BCUT2D eigenvalue weighted by Gasteiger charge is -2.25. The molecule has 1 aliphatic rings. The Morgan fingerprint density at radius 2 is 2.12 bits per heavy atom. The molecule has 0 unspecified atom stereocenters. The average Bonchev–Trinajstić information content (AvgIpc) is 2.56. The summed E-state index contributed by atoms with van der Waals surface area (Å²) in [4.78, 5) is 10.7. The monoisotopic (exact) mass is 236 g/mol. The predicted octanol–water partition coefficient (Wildman–Crippen LogP) is 1.41. The van der Waals surface area contributed by atoms with Crippen LogP contribution in [0.1, 0.15) is 31.7 Å². The number of hydrogen-bond acceptors (Lipinski definition) is 5. The highest BCUT2D eigenvalue weighted by Gasteiger charge is 2.19. The van der Waals surface area contributed by atoms with E-state index in [1.165, 1.54) is 0 Å². The topological polar surface area (TPSA) is 64.3 Å². The standard InChI is InChI=1S/C12H20N4O/c1-9(2)10-11(13)14-8-15-12(10)16-4-3-6-17-7-5-16/h8-9H,3-7H2,1-2H3,(H2,13,14,15). The van der Waals surface area contributed by atoms with E-state index in [9.17, 15) is 0 Å². The Hall–Kier alpha value is -1.36. The van der Waals surface area contributed by atoms with Crippen molar-refractivity contribution in [3.63, 3.8) is 0 Å². The van der Waals surface area contributed by atoms with E-state index in [1.54, 1.807) is 6.33 Å². The van der Waals surface area contributed by atoms with Gasteiger partial charge in [0.2, 0.25) is 0 Å². The predicted molar refractivity (Wildman–Crippen MR) is 68.2 cm³/mol. The highest BCUT2D eigenvalue weighted by molar-refractivity contribution is 5.58. The van der Waals surface area contributed by atoms with Crippen molar-refractivity contribution < 1.29 is 4.74 Å². The van der Waals surface area contributed by atoms with Crippen LogP contribution in [0.5, 0.6) is 0 Å². The first-order valence-electron chi connectivity index (χ1n) is 6.13. The zero-order chi connectivity index (χ0) is 12.3. The van der Waals surface area contributed by atoms with Crippen molar-refractivity contribution in [3.05, 3.63) is 11.9 Å².